The third kappa shape index (κ3) is 3.01. The van der Waals surface area contributed by atoms with Gasteiger partial charge in [-0.05, 0) is 18.6 Å². The van der Waals surface area contributed by atoms with Crippen molar-refractivity contribution in [1.29, 1.82) is 0 Å². The van der Waals surface area contributed by atoms with E-state index < -0.39 is 0 Å². The Bertz CT molecular complexity index is 348. The van der Waals surface area contributed by atoms with E-state index in [1.807, 2.05) is 11.8 Å². The molecule has 0 aromatic carbocycles. The first kappa shape index (κ1) is 12.0. The van der Waals surface area contributed by atoms with Gasteiger partial charge in [-0.3, -0.25) is 0 Å². The first-order chi connectivity index (χ1) is 7.79. The van der Waals surface area contributed by atoms with Gasteiger partial charge in [0.25, 0.3) is 0 Å². The smallest absolute Gasteiger partial charge is 0.134 e. The highest BCUT2D eigenvalue weighted by molar-refractivity contribution is 7.99. The minimum atomic E-state index is 0.496. The molecule has 1 aliphatic rings. The molecule has 88 valence electrons. The molecular weight excluding hydrogens is 242 g/mol. The molecule has 0 spiro atoms. The van der Waals surface area contributed by atoms with E-state index in [-0.39, 0.29) is 0 Å². The Labute approximate surface area is 105 Å². The van der Waals surface area contributed by atoms with Crippen molar-refractivity contribution in [2.24, 2.45) is 0 Å². The van der Waals surface area contributed by atoms with Crippen LogP contribution in [0.15, 0.2) is 12.4 Å². The molecule has 1 aliphatic carbocycles. The van der Waals surface area contributed by atoms with Crippen LogP contribution in [0.25, 0.3) is 0 Å². The third-order valence-corrected chi connectivity index (χ3v) is 4.33. The zero-order valence-electron chi connectivity index (χ0n) is 9.32. The van der Waals surface area contributed by atoms with E-state index in [9.17, 15) is 0 Å². The Morgan fingerprint density at radius 1 is 1.50 bits per heavy atom. The lowest BCUT2D eigenvalue weighted by atomic mass is 10.2. The summed E-state index contributed by atoms with van der Waals surface area (Å²) in [7, 11) is 0. The van der Waals surface area contributed by atoms with Gasteiger partial charge in [-0.25, -0.2) is 9.97 Å². The summed E-state index contributed by atoms with van der Waals surface area (Å²) in [5, 5.41) is 4.66. The fourth-order valence-electron chi connectivity index (χ4n) is 2.11. The highest BCUT2D eigenvalue weighted by Crippen LogP contribution is 2.31. The third-order valence-electron chi connectivity index (χ3n) is 2.80. The molecule has 1 fully saturated rings. The molecule has 1 aromatic heterocycles. The van der Waals surface area contributed by atoms with E-state index in [4.69, 9.17) is 11.6 Å². The minimum Gasteiger partial charge on any atom is -0.366 e. The first-order valence-electron chi connectivity index (χ1n) is 5.65. The average molecular weight is 258 g/mol. The predicted octanol–water partition coefficient (Wildman–Crippen LogP) is 3.22. The van der Waals surface area contributed by atoms with Gasteiger partial charge in [0, 0.05) is 17.4 Å². The van der Waals surface area contributed by atoms with Gasteiger partial charge in [0.2, 0.25) is 0 Å². The quantitative estimate of drug-likeness (QED) is 0.841. The zero-order valence-corrected chi connectivity index (χ0v) is 10.9. The van der Waals surface area contributed by atoms with E-state index in [0.717, 1.165) is 5.82 Å². The van der Waals surface area contributed by atoms with Gasteiger partial charge in [0.15, 0.2) is 0 Å². The summed E-state index contributed by atoms with van der Waals surface area (Å²) in [6.45, 7) is 2.21. The van der Waals surface area contributed by atoms with Crippen molar-refractivity contribution in [1.82, 2.24) is 9.97 Å². The molecule has 1 saturated carbocycles. The molecule has 2 unspecified atom stereocenters. The van der Waals surface area contributed by atoms with Crippen LogP contribution in [0.2, 0.25) is 5.15 Å². The minimum absolute atomic E-state index is 0.496. The molecule has 0 saturated heterocycles. The lowest BCUT2D eigenvalue weighted by molar-refractivity contribution is 0.761. The van der Waals surface area contributed by atoms with Crippen LogP contribution in [0.4, 0.5) is 5.82 Å². The highest BCUT2D eigenvalue weighted by atomic mass is 35.5. The molecule has 1 N–H and O–H groups in total. The van der Waals surface area contributed by atoms with Gasteiger partial charge in [0.05, 0.1) is 0 Å². The number of thioether (sulfide) groups is 1. The summed E-state index contributed by atoms with van der Waals surface area (Å²) in [4.78, 5) is 8.06. The van der Waals surface area contributed by atoms with Gasteiger partial charge in [-0.15, -0.1) is 0 Å². The molecule has 3 nitrogen and oxygen atoms in total. The van der Waals surface area contributed by atoms with E-state index in [0.29, 0.717) is 16.4 Å². The maximum absolute atomic E-state index is 5.83. The summed E-state index contributed by atoms with van der Waals surface area (Å²) in [5.41, 5.74) is 0. The van der Waals surface area contributed by atoms with Gasteiger partial charge in [-0.2, -0.15) is 11.8 Å². The fourth-order valence-corrected chi connectivity index (χ4v) is 3.45. The van der Waals surface area contributed by atoms with Crippen LogP contribution < -0.4 is 5.32 Å². The summed E-state index contributed by atoms with van der Waals surface area (Å²) in [6, 6.07) is 2.31. The second-order valence-electron chi connectivity index (χ2n) is 3.90. The molecule has 2 rings (SSSR count). The molecular formula is C11H16ClN3S. The van der Waals surface area contributed by atoms with Crippen LogP contribution in [0.1, 0.15) is 26.2 Å². The Kier molecular flexibility index (Phi) is 4.29. The van der Waals surface area contributed by atoms with E-state index in [1.165, 1.54) is 31.3 Å². The molecule has 1 heterocycles. The Morgan fingerprint density at radius 2 is 2.38 bits per heavy atom. The van der Waals surface area contributed by atoms with Crippen molar-refractivity contribution >= 4 is 29.2 Å². The van der Waals surface area contributed by atoms with Crippen molar-refractivity contribution in [3.05, 3.63) is 17.5 Å². The maximum Gasteiger partial charge on any atom is 0.134 e. The number of aromatic nitrogens is 2. The number of nitrogens with one attached hydrogen (secondary N) is 1. The number of anilines is 1. The molecule has 0 amide bonds. The summed E-state index contributed by atoms with van der Waals surface area (Å²) >= 11 is 7.86. The zero-order chi connectivity index (χ0) is 11.4. The average Bonchev–Trinajstić information content (AvgIpc) is 2.66. The van der Waals surface area contributed by atoms with Crippen molar-refractivity contribution in [3.63, 3.8) is 0 Å². The number of rotatable bonds is 4. The van der Waals surface area contributed by atoms with E-state index in [2.05, 4.69) is 22.2 Å². The maximum atomic E-state index is 5.83. The highest BCUT2D eigenvalue weighted by Gasteiger charge is 2.27. The molecule has 1 aromatic rings. The molecule has 16 heavy (non-hydrogen) atoms. The normalized spacial score (nSPS) is 24.6. The van der Waals surface area contributed by atoms with Crippen LogP contribution in [0.3, 0.4) is 0 Å². The van der Waals surface area contributed by atoms with E-state index in [1.54, 1.807) is 6.07 Å². The monoisotopic (exact) mass is 257 g/mol. The van der Waals surface area contributed by atoms with Crippen LogP contribution >= 0.6 is 23.4 Å². The topological polar surface area (TPSA) is 37.8 Å². The van der Waals surface area contributed by atoms with Crippen molar-refractivity contribution in [2.45, 2.75) is 37.5 Å². The van der Waals surface area contributed by atoms with Crippen LogP contribution in [-0.4, -0.2) is 27.0 Å². The molecule has 0 radical (unpaired) electrons. The predicted molar refractivity (Wildman–Crippen MR) is 70.2 cm³/mol. The summed E-state index contributed by atoms with van der Waals surface area (Å²) < 4.78 is 0. The lowest BCUT2D eigenvalue weighted by Gasteiger charge is -2.20. The Hall–Kier alpha value is -0.480. The Balaban J connectivity index is 1.98. The first-order valence-corrected chi connectivity index (χ1v) is 7.08. The summed E-state index contributed by atoms with van der Waals surface area (Å²) in [5.74, 6) is 2.02. The lowest BCUT2D eigenvalue weighted by Crippen LogP contribution is -2.26. The van der Waals surface area contributed by atoms with Gasteiger partial charge < -0.3 is 5.32 Å². The fraction of sp³-hybridized carbons (Fsp3) is 0.636. The van der Waals surface area contributed by atoms with Crippen molar-refractivity contribution in [3.8, 4) is 0 Å². The number of hydrogen-bond acceptors (Lipinski definition) is 4. The second-order valence-corrected chi connectivity index (χ2v) is 5.80. The molecule has 0 aliphatic heterocycles. The second kappa shape index (κ2) is 5.73. The molecule has 0 bridgehead atoms. The van der Waals surface area contributed by atoms with Crippen LogP contribution in [0, 0.1) is 0 Å². The van der Waals surface area contributed by atoms with Gasteiger partial charge in [0.1, 0.15) is 17.3 Å². The SMILES string of the molecule is CCSC1CCCC1Nc1cc(Cl)ncn1. The van der Waals surface area contributed by atoms with E-state index >= 15 is 0 Å². The van der Waals surface area contributed by atoms with Crippen LogP contribution in [-0.2, 0) is 0 Å². The number of nitrogens with zero attached hydrogens (tertiary/aromatic N) is 2. The molecule has 2 atom stereocenters. The Morgan fingerprint density at radius 3 is 3.12 bits per heavy atom. The van der Waals surface area contributed by atoms with Gasteiger partial charge >= 0.3 is 0 Å². The van der Waals surface area contributed by atoms with Crippen molar-refractivity contribution in [2.75, 3.05) is 11.1 Å². The largest absolute Gasteiger partial charge is 0.366 e. The van der Waals surface area contributed by atoms with Crippen molar-refractivity contribution < 1.29 is 0 Å². The summed E-state index contributed by atoms with van der Waals surface area (Å²) in [6.07, 6.45) is 5.32. The number of hydrogen-bond donors (Lipinski definition) is 1. The number of halogens is 1. The van der Waals surface area contributed by atoms with Crippen LogP contribution in [0.5, 0.6) is 0 Å². The molecule has 5 heteroatoms. The standard InChI is InChI=1S/C11H16ClN3S/c1-2-16-9-5-3-4-8(9)15-11-6-10(12)13-7-14-11/h6-9H,2-5H2,1H3,(H,13,14,15). The van der Waals surface area contributed by atoms with Gasteiger partial charge in [-0.1, -0.05) is 24.9 Å².